The van der Waals surface area contributed by atoms with Crippen LogP contribution in [0.25, 0.3) is 0 Å². The van der Waals surface area contributed by atoms with Gasteiger partial charge in [-0.2, -0.15) is 0 Å². The fourth-order valence-corrected chi connectivity index (χ4v) is 5.95. The Bertz CT molecular complexity index is 768. The number of Topliss-reactive ketones (excluding diaryl/α,β-unsaturated/α-hetero) is 1. The molecule has 2 saturated carbocycles. The summed E-state index contributed by atoms with van der Waals surface area (Å²) in [5.41, 5.74) is 2.33. The molecule has 2 fully saturated rings. The highest BCUT2D eigenvalue weighted by molar-refractivity contribution is 5.87. The van der Waals surface area contributed by atoms with E-state index >= 15 is 0 Å². The van der Waals surface area contributed by atoms with Crippen molar-refractivity contribution < 1.29 is 19.1 Å². The standard InChI is InChI=1S/C23H30O4/c1-4-21(25)27-19-13-15(26-5-2)12-14-6-7-16-17(22(14)19)10-11-23(3)18(16)8-9-20(23)24/h12-13,16-18H,4-11H2,1-3H3/t16-,17+,18+,23+/m1/s1. The maximum Gasteiger partial charge on any atom is 0.310 e. The second-order valence-electron chi connectivity index (χ2n) is 8.59. The first-order chi connectivity index (χ1) is 13.0. The molecule has 4 rings (SSSR count). The van der Waals surface area contributed by atoms with E-state index in [4.69, 9.17) is 9.47 Å². The lowest BCUT2D eigenvalue weighted by atomic mass is 9.55. The lowest BCUT2D eigenvalue weighted by molar-refractivity contribution is -0.134. The van der Waals surface area contributed by atoms with Crippen molar-refractivity contribution >= 4 is 11.8 Å². The second kappa shape index (κ2) is 6.96. The van der Waals surface area contributed by atoms with Crippen LogP contribution in [0.1, 0.15) is 76.3 Å². The van der Waals surface area contributed by atoms with E-state index in [9.17, 15) is 9.59 Å². The molecule has 0 bridgehead atoms. The van der Waals surface area contributed by atoms with Crippen molar-refractivity contribution in [3.8, 4) is 11.5 Å². The molecule has 0 aromatic heterocycles. The molecule has 4 nitrogen and oxygen atoms in total. The zero-order chi connectivity index (χ0) is 19.2. The number of hydrogen-bond acceptors (Lipinski definition) is 4. The Morgan fingerprint density at radius 1 is 1.19 bits per heavy atom. The summed E-state index contributed by atoms with van der Waals surface area (Å²) >= 11 is 0. The summed E-state index contributed by atoms with van der Waals surface area (Å²) in [6, 6.07) is 4.03. The van der Waals surface area contributed by atoms with Gasteiger partial charge in [-0.1, -0.05) is 13.8 Å². The third kappa shape index (κ3) is 2.97. The number of ketones is 1. The van der Waals surface area contributed by atoms with Gasteiger partial charge in [0.1, 0.15) is 17.3 Å². The normalized spacial score (nSPS) is 31.7. The number of fused-ring (bicyclic) bond motifs is 5. The van der Waals surface area contributed by atoms with Crippen molar-refractivity contribution in [2.24, 2.45) is 17.3 Å². The molecule has 3 aliphatic rings. The predicted octanol–water partition coefficient (Wildman–Crippen LogP) is 4.83. The van der Waals surface area contributed by atoms with Gasteiger partial charge in [0.05, 0.1) is 6.61 Å². The van der Waals surface area contributed by atoms with E-state index in [1.165, 1.54) is 11.1 Å². The van der Waals surface area contributed by atoms with Gasteiger partial charge in [-0.05, 0) is 68.4 Å². The molecular weight excluding hydrogens is 340 g/mol. The van der Waals surface area contributed by atoms with Crippen molar-refractivity contribution in [2.45, 2.75) is 71.6 Å². The molecule has 0 spiro atoms. The van der Waals surface area contributed by atoms with Gasteiger partial charge < -0.3 is 9.47 Å². The lowest BCUT2D eigenvalue weighted by Gasteiger charge is -2.48. The Balaban J connectivity index is 1.74. The first kappa shape index (κ1) is 18.5. The van der Waals surface area contributed by atoms with Crippen LogP contribution in [0.4, 0.5) is 0 Å². The Kier molecular flexibility index (Phi) is 4.77. The fraction of sp³-hybridized carbons (Fsp3) is 0.652. The average Bonchev–Trinajstić information content (AvgIpc) is 2.96. The highest BCUT2D eigenvalue weighted by Gasteiger charge is 2.55. The minimum absolute atomic E-state index is 0.135. The number of esters is 1. The molecule has 0 saturated heterocycles. The van der Waals surface area contributed by atoms with E-state index in [1.54, 1.807) is 0 Å². The van der Waals surface area contributed by atoms with Gasteiger partial charge in [-0.3, -0.25) is 9.59 Å². The second-order valence-corrected chi connectivity index (χ2v) is 8.59. The zero-order valence-corrected chi connectivity index (χ0v) is 16.7. The van der Waals surface area contributed by atoms with Gasteiger partial charge in [0.2, 0.25) is 0 Å². The number of carbonyl (C=O) groups excluding carboxylic acids is 2. The quantitative estimate of drug-likeness (QED) is 0.563. The van der Waals surface area contributed by atoms with Crippen molar-refractivity contribution in [1.29, 1.82) is 0 Å². The van der Waals surface area contributed by atoms with Gasteiger partial charge in [0, 0.05) is 29.9 Å². The third-order valence-electron chi connectivity index (χ3n) is 7.29. The first-order valence-electron chi connectivity index (χ1n) is 10.5. The number of benzene rings is 1. The lowest BCUT2D eigenvalue weighted by Crippen LogP contribution is -2.42. The van der Waals surface area contributed by atoms with Gasteiger partial charge in [-0.25, -0.2) is 0 Å². The van der Waals surface area contributed by atoms with E-state index in [0.717, 1.165) is 44.3 Å². The number of carbonyl (C=O) groups is 2. The molecule has 27 heavy (non-hydrogen) atoms. The number of ether oxygens (including phenoxy) is 2. The molecule has 3 aliphatic carbocycles. The van der Waals surface area contributed by atoms with Crippen LogP contribution in [-0.2, 0) is 16.0 Å². The van der Waals surface area contributed by atoms with E-state index in [1.807, 2.05) is 19.9 Å². The van der Waals surface area contributed by atoms with E-state index in [2.05, 4.69) is 13.0 Å². The SMILES string of the molecule is CCOc1cc2c(c(OC(=O)CC)c1)[C@H]1CC[C@]3(C)C(=O)CC[C@H]3[C@@H]1CC2. The van der Waals surface area contributed by atoms with Gasteiger partial charge >= 0.3 is 5.97 Å². The Hall–Kier alpha value is -1.84. The molecule has 1 aromatic carbocycles. The molecule has 0 aliphatic heterocycles. The van der Waals surface area contributed by atoms with E-state index in [-0.39, 0.29) is 11.4 Å². The molecule has 0 heterocycles. The molecule has 146 valence electrons. The summed E-state index contributed by atoms with van der Waals surface area (Å²) in [6.45, 7) is 6.57. The minimum atomic E-state index is -0.204. The van der Waals surface area contributed by atoms with Crippen molar-refractivity contribution in [3.63, 3.8) is 0 Å². The molecule has 0 unspecified atom stereocenters. The van der Waals surface area contributed by atoms with Crippen LogP contribution < -0.4 is 9.47 Å². The van der Waals surface area contributed by atoms with Gasteiger partial charge in [-0.15, -0.1) is 0 Å². The first-order valence-corrected chi connectivity index (χ1v) is 10.5. The molecule has 1 aromatic rings. The van der Waals surface area contributed by atoms with Crippen LogP contribution in [0.15, 0.2) is 12.1 Å². The maximum atomic E-state index is 12.5. The Morgan fingerprint density at radius 2 is 2.00 bits per heavy atom. The maximum absolute atomic E-state index is 12.5. The molecule has 0 N–H and O–H groups in total. The predicted molar refractivity (Wildman–Crippen MR) is 103 cm³/mol. The van der Waals surface area contributed by atoms with Gasteiger partial charge in [0.25, 0.3) is 0 Å². The van der Waals surface area contributed by atoms with Crippen LogP contribution in [0.5, 0.6) is 11.5 Å². The van der Waals surface area contributed by atoms with Crippen LogP contribution in [0, 0.1) is 17.3 Å². The van der Waals surface area contributed by atoms with E-state index in [0.29, 0.717) is 42.3 Å². The minimum Gasteiger partial charge on any atom is -0.494 e. The fourth-order valence-electron chi connectivity index (χ4n) is 5.95. The molecule has 4 atom stereocenters. The van der Waals surface area contributed by atoms with Crippen LogP contribution in [-0.4, -0.2) is 18.4 Å². The summed E-state index contributed by atoms with van der Waals surface area (Å²) in [7, 11) is 0. The van der Waals surface area contributed by atoms with Crippen molar-refractivity contribution in [3.05, 3.63) is 23.3 Å². The average molecular weight is 370 g/mol. The number of rotatable bonds is 4. The summed E-state index contributed by atoms with van der Waals surface area (Å²) < 4.78 is 11.5. The highest BCUT2D eigenvalue weighted by atomic mass is 16.5. The van der Waals surface area contributed by atoms with Crippen LogP contribution in [0.2, 0.25) is 0 Å². The van der Waals surface area contributed by atoms with E-state index < -0.39 is 0 Å². The summed E-state index contributed by atoms with van der Waals surface area (Å²) in [5.74, 6) is 3.09. The van der Waals surface area contributed by atoms with Crippen molar-refractivity contribution in [2.75, 3.05) is 6.61 Å². The number of hydrogen-bond donors (Lipinski definition) is 0. The third-order valence-corrected chi connectivity index (χ3v) is 7.29. The summed E-state index contributed by atoms with van der Waals surface area (Å²) in [6.07, 6.45) is 6.14. The number of aryl methyl sites for hydroxylation is 1. The molecule has 0 amide bonds. The molecule has 0 radical (unpaired) electrons. The Morgan fingerprint density at radius 3 is 2.74 bits per heavy atom. The van der Waals surface area contributed by atoms with Gasteiger partial charge in [0.15, 0.2) is 0 Å². The zero-order valence-electron chi connectivity index (χ0n) is 16.7. The van der Waals surface area contributed by atoms with Crippen LogP contribution >= 0.6 is 0 Å². The smallest absolute Gasteiger partial charge is 0.310 e. The Labute approximate surface area is 161 Å². The summed E-state index contributed by atoms with van der Waals surface area (Å²) in [4.78, 5) is 24.6. The monoisotopic (exact) mass is 370 g/mol. The van der Waals surface area contributed by atoms with Crippen LogP contribution in [0.3, 0.4) is 0 Å². The highest BCUT2D eigenvalue weighted by Crippen LogP contribution is 2.60. The largest absolute Gasteiger partial charge is 0.494 e. The molecular formula is C23H30O4. The topological polar surface area (TPSA) is 52.6 Å². The summed E-state index contributed by atoms with van der Waals surface area (Å²) in [5, 5.41) is 0. The van der Waals surface area contributed by atoms with Crippen molar-refractivity contribution in [1.82, 2.24) is 0 Å². The molecule has 4 heteroatoms.